The number of nitrogens with zero attached hydrogens (tertiary/aromatic N) is 3. The average Bonchev–Trinajstić information content (AvgIpc) is 3.17. The molecule has 0 aliphatic heterocycles. The number of anilines is 1. The molecular formula is C24H24N4O. The Hall–Kier alpha value is -3.34. The van der Waals surface area contributed by atoms with Crippen molar-refractivity contribution in [3.63, 3.8) is 0 Å². The first kappa shape index (κ1) is 17.7. The van der Waals surface area contributed by atoms with Gasteiger partial charge in [-0.05, 0) is 42.7 Å². The third kappa shape index (κ3) is 3.44. The van der Waals surface area contributed by atoms with E-state index in [0.717, 1.165) is 33.7 Å². The Labute approximate surface area is 170 Å². The van der Waals surface area contributed by atoms with E-state index in [-0.39, 0.29) is 0 Å². The molecule has 0 spiro atoms. The lowest BCUT2D eigenvalue weighted by molar-refractivity contribution is 0.360. The van der Waals surface area contributed by atoms with Crippen molar-refractivity contribution < 1.29 is 4.74 Å². The molecule has 0 radical (unpaired) electrons. The molecule has 5 heteroatoms. The van der Waals surface area contributed by atoms with Crippen LogP contribution in [0.2, 0.25) is 0 Å². The number of hydrogen-bond donors (Lipinski definition) is 1. The van der Waals surface area contributed by atoms with Crippen LogP contribution in [-0.4, -0.2) is 14.5 Å². The zero-order valence-corrected chi connectivity index (χ0v) is 16.3. The van der Waals surface area contributed by atoms with E-state index in [9.17, 15) is 0 Å². The summed E-state index contributed by atoms with van der Waals surface area (Å²) in [4.78, 5) is 8.84. The number of ether oxygens (including phenoxy) is 1. The van der Waals surface area contributed by atoms with Crippen molar-refractivity contribution in [2.75, 3.05) is 5.73 Å². The minimum absolute atomic E-state index is 0.481. The number of aromatic nitrogens is 3. The molecule has 1 aliphatic rings. The fourth-order valence-corrected chi connectivity index (χ4v) is 4.29. The van der Waals surface area contributed by atoms with Crippen LogP contribution in [0.25, 0.3) is 22.2 Å². The summed E-state index contributed by atoms with van der Waals surface area (Å²) in [6.07, 6.45) is 10.0. The summed E-state index contributed by atoms with van der Waals surface area (Å²) < 4.78 is 8.24. The predicted octanol–water partition coefficient (Wildman–Crippen LogP) is 5.98. The zero-order chi connectivity index (χ0) is 19.6. The molecule has 2 heterocycles. The Balaban J connectivity index is 1.52. The van der Waals surface area contributed by atoms with Crippen molar-refractivity contribution in [2.24, 2.45) is 0 Å². The summed E-state index contributed by atoms with van der Waals surface area (Å²) in [6, 6.07) is 18.4. The average molecular weight is 384 g/mol. The number of fused-ring (bicyclic) bond motifs is 1. The van der Waals surface area contributed by atoms with Crippen molar-refractivity contribution in [1.82, 2.24) is 14.5 Å². The first-order valence-electron chi connectivity index (χ1n) is 10.2. The summed E-state index contributed by atoms with van der Waals surface area (Å²) in [5, 5.41) is 0.940. The number of rotatable bonds is 4. The molecular weight excluding hydrogens is 360 g/mol. The highest BCUT2D eigenvalue weighted by Gasteiger charge is 2.21. The van der Waals surface area contributed by atoms with Crippen LogP contribution in [-0.2, 0) is 0 Å². The molecule has 0 saturated heterocycles. The normalized spacial score (nSPS) is 14.9. The molecule has 5 nitrogen and oxygen atoms in total. The molecule has 5 rings (SSSR count). The van der Waals surface area contributed by atoms with E-state index in [1.807, 2.05) is 42.5 Å². The molecule has 1 fully saturated rings. The SMILES string of the molecule is Nc1ncnc2c1c(-c1ccc(Oc3ccccc3)cc1)cn2C1CCCCC1. The Morgan fingerprint density at radius 3 is 2.34 bits per heavy atom. The van der Waals surface area contributed by atoms with Gasteiger partial charge >= 0.3 is 0 Å². The summed E-state index contributed by atoms with van der Waals surface area (Å²) in [5.41, 5.74) is 9.38. The van der Waals surface area contributed by atoms with E-state index in [4.69, 9.17) is 10.5 Å². The van der Waals surface area contributed by atoms with Crippen molar-refractivity contribution in [3.05, 3.63) is 67.1 Å². The maximum absolute atomic E-state index is 6.28. The molecule has 1 saturated carbocycles. The van der Waals surface area contributed by atoms with Gasteiger partial charge in [0, 0.05) is 17.8 Å². The zero-order valence-electron chi connectivity index (χ0n) is 16.3. The Morgan fingerprint density at radius 1 is 0.862 bits per heavy atom. The van der Waals surface area contributed by atoms with Gasteiger partial charge in [-0.2, -0.15) is 0 Å². The summed E-state index contributed by atoms with van der Waals surface area (Å²) >= 11 is 0. The minimum atomic E-state index is 0.481. The van der Waals surface area contributed by atoms with Crippen molar-refractivity contribution in [3.8, 4) is 22.6 Å². The lowest BCUT2D eigenvalue weighted by atomic mass is 9.95. The van der Waals surface area contributed by atoms with Crippen LogP contribution in [0.1, 0.15) is 38.1 Å². The molecule has 0 atom stereocenters. The summed E-state index contributed by atoms with van der Waals surface area (Å²) in [5.74, 6) is 2.16. The Morgan fingerprint density at radius 2 is 1.59 bits per heavy atom. The standard InChI is InChI=1S/C24H24N4O/c25-23-22-21(15-28(24(22)27-16-26-23)18-7-3-1-4-8-18)17-11-13-20(14-12-17)29-19-9-5-2-6-10-19/h2,5-6,9-16,18H,1,3-4,7-8H2,(H2,25,26,27). The van der Waals surface area contributed by atoms with Gasteiger partial charge in [0.1, 0.15) is 29.3 Å². The highest BCUT2D eigenvalue weighted by Crippen LogP contribution is 2.38. The maximum atomic E-state index is 6.28. The van der Waals surface area contributed by atoms with Crippen LogP contribution in [0, 0.1) is 0 Å². The summed E-state index contributed by atoms with van der Waals surface area (Å²) in [7, 11) is 0. The van der Waals surface area contributed by atoms with Gasteiger partial charge in [0.2, 0.25) is 0 Å². The van der Waals surface area contributed by atoms with Crippen molar-refractivity contribution in [1.29, 1.82) is 0 Å². The second-order valence-corrected chi connectivity index (χ2v) is 7.64. The third-order valence-electron chi connectivity index (χ3n) is 5.75. The monoisotopic (exact) mass is 384 g/mol. The fourth-order valence-electron chi connectivity index (χ4n) is 4.29. The Bertz CT molecular complexity index is 1110. The predicted molar refractivity (Wildman–Crippen MR) is 116 cm³/mol. The van der Waals surface area contributed by atoms with Gasteiger partial charge in [-0.15, -0.1) is 0 Å². The molecule has 2 aromatic carbocycles. The first-order chi connectivity index (χ1) is 14.3. The fraction of sp³-hybridized carbons (Fsp3) is 0.250. The van der Waals surface area contributed by atoms with Gasteiger partial charge in [0.25, 0.3) is 0 Å². The largest absolute Gasteiger partial charge is 0.457 e. The van der Waals surface area contributed by atoms with E-state index in [1.54, 1.807) is 6.33 Å². The smallest absolute Gasteiger partial charge is 0.146 e. The van der Waals surface area contributed by atoms with E-state index >= 15 is 0 Å². The topological polar surface area (TPSA) is 66.0 Å². The number of nitrogen functional groups attached to an aromatic ring is 1. The van der Waals surface area contributed by atoms with Crippen LogP contribution < -0.4 is 10.5 Å². The lowest BCUT2D eigenvalue weighted by Gasteiger charge is -2.23. The van der Waals surface area contributed by atoms with E-state index < -0.39 is 0 Å². The van der Waals surface area contributed by atoms with Crippen LogP contribution in [0.4, 0.5) is 5.82 Å². The molecule has 0 bridgehead atoms. The van der Waals surface area contributed by atoms with Crippen LogP contribution in [0.5, 0.6) is 11.5 Å². The second kappa shape index (κ2) is 7.59. The number of para-hydroxylation sites is 1. The Kier molecular flexibility index (Phi) is 4.64. The number of benzene rings is 2. The van der Waals surface area contributed by atoms with E-state index in [2.05, 4.69) is 32.9 Å². The van der Waals surface area contributed by atoms with E-state index in [0.29, 0.717) is 11.9 Å². The van der Waals surface area contributed by atoms with Crippen LogP contribution in [0.15, 0.2) is 67.1 Å². The van der Waals surface area contributed by atoms with Gasteiger partial charge in [-0.3, -0.25) is 0 Å². The third-order valence-corrected chi connectivity index (χ3v) is 5.75. The number of nitrogens with two attached hydrogens (primary N) is 1. The minimum Gasteiger partial charge on any atom is -0.457 e. The van der Waals surface area contributed by atoms with Gasteiger partial charge in [0.15, 0.2) is 0 Å². The van der Waals surface area contributed by atoms with Crippen molar-refractivity contribution in [2.45, 2.75) is 38.1 Å². The first-order valence-corrected chi connectivity index (χ1v) is 10.2. The molecule has 2 N–H and O–H groups in total. The van der Waals surface area contributed by atoms with Crippen LogP contribution in [0.3, 0.4) is 0 Å². The second-order valence-electron chi connectivity index (χ2n) is 7.64. The van der Waals surface area contributed by atoms with Crippen LogP contribution >= 0.6 is 0 Å². The number of hydrogen-bond acceptors (Lipinski definition) is 4. The summed E-state index contributed by atoms with van der Waals surface area (Å²) in [6.45, 7) is 0. The molecule has 2 aromatic heterocycles. The highest BCUT2D eigenvalue weighted by atomic mass is 16.5. The van der Waals surface area contributed by atoms with Gasteiger partial charge in [0.05, 0.1) is 5.39 Å². The molecule has 4 aromatic rings. The van der Waals surface area contributed by atoms with Gasteiger partial charge < -0.3 is 15.0 Å². The van der Waals surface area contributed by atoms with Crippen molar-refractivity contribution >= 4 is 16.9 Å². The molecule has 0 amide bonds. The molecule has 0 unspecified atom stereocenters. The van der Waals surface area contributed by atoms with E-state index in [1.165, 1.54) is 32.1 Å². The molecule has 29 heavy (non-hydrogen) atoms. The highest BCUT2D eigenvalue weighted by molar-refractivity contribution is 6.00. The van der Waals surface area contributed by atoms with Gasteiger partial charge in [-0.25, -0.2) is 9.97 Å². The van der Waals surface area contributed by atoms with Gasteiger partial charge in [-0.1, -0.05) is 49.6 Å². The maximum Gasteiger partial charge on any atom is 0.146 e. The quantitative estimate of drug-likeness (QED) is 0.470. The molecule has 1 aliphatic carbocycles. The molecule has 146 valence electrons. The lowest BCUT2D eigenvalue weighted by Crippen LogP contribution is -2.12.